The molecule has 310 valence electrons. The van der Waals surface area contributed by atoms with Crippen molar-refractivity contribution in [2.45, 2.75) is 90.0 Å². The molecule has 10 nitrogen and oxygen atoms in total. The minimum Gasteiger partial charge on any atom is -0.491 e. The van der Waals surface area contributed by atoms with Crippen molar-refractivity contribution in [1.29, 1.82) is 0 Å². The molecule has 4 aromatic rings. The molecule has 1 aromatic heterocycles. The molecule has 1 aliphatic heterocycles. The molecule has 1 amide bonds. The molecule has 0 aliphatic carbocycles. The van der Waals surface area contributed by atoms with E-state index in [0.717, 1.165) is 61.3 Å². The van der Waals surface area contributed by atoms with E-state index >= 15 is 0 Å². The first-order valence-electron chi connectivity index (χ1n) is 20.8. The highest BCUT2D eigenvalue weighted by Gasteiger charge is 2.36. The van der Waals surface area contributed by atoms with Crippen molar-refractivity contribution in [3.63, 3.8) is 0 Å². The van der Waals surface area contributed by atoms with E-state index in [1.807, 2.05) is 29.0 Å². The Morgan fingerprint density at radius 3 is 2.43 bits per heavy atom. The number of carbonyl (C=O) groups excluding carboxylic acids is 2. The third-order valence-electron chi connectivity index (χ3n) is 10.1. The lowest BCUT2D eigenvalue weighted by atomic mass is 9.97. The first-order chi connectivity index (χ1) is 28.2. The van der Waals surface area contributed by atoms with Crippen LogP contribution in [0, 0.1) is 5.92 Å². The minimum atomic E-state index is -1.35. The van der Waals surface area contributed by atoms with E-state index in [0.29, 0.717) is 73.5 Å². The smallest absolute Gasteiger partial charge is 0.305 e. The molecule has 58 heavy (non-hydrogen) atoms. The highest BCUT2D eigenvalue weighted by atomic mass is 32.2. The third-order valence-corrected chi connectivity index (χ3v) is 11.4. The fourth-order valence-corrected chi connectivity index (χ4v) is 8.51. The Labute approximate surface area is 347 Å². The van der Waals surface area contributed by atoms with Gasteiger partial charge in [0.1, 0.15) is 30.4 Å². The summed E-state index contributed by atoms with van der Waals surface area (Å²) < 4.78 is 32.8. The molecule has 0 saturated carbocycles. The maximum absolute atomic E-state index is 13.8. The minimum absolute atomic E-state index is 0.147. The summed E-state index contributed by atoms with van der Waals surface area (Å²) in [6.07, 6.45) is 12.3. The molecule has 3 aromatic carbocycles. The summed E-state index contributed by atoms with van der Waals surface area (Å²) in [4.78, 5) is 30.6. The lowest BCUT2D eigenvalue weighted by molar-refractivity contribution is -0.876. The van der Waals surface area contributed by atoms with E-state index in [1.54, 1.807) is 37.4 Å². The zero-order chi connectivity index (χ0) is 41.2. The van der Waals surface area contributed by atoms with Crippen LogP contribution in [-0.2, 0) is 48.7 Å². The van der Waals surface area contributed by atoms with Gasteiger partial charge in [-0.3, -0.25) is 18.3 Å². The van der Waals surface area contributed by atoms with Gasteiger partial charge in [0.15, 0.2) is 0 Å². The number of carbonyl (C=O) groups is 2. The predicted molar refractivity (Wildman–Crippen MR) is 231 cm³/mol. The second-order valence-electron chi connectivity index (χ2n) is 15.2. The summed E-state index contributed by atoms with van der Waals surface area (Å²) >= 11 is 0. The number of rotatable bonds is 22. The standard InChI is InChI=1S/C47H60N4O6S/c1-5-7-31-55-32-33-57-42-22-17-39(18-23-42)44-26-19-40(15-12-30-51(44,34-37(3)4)35-38-13-9-8-10-14-38)47(53)49-41-20-24-43(25-21-41)58(54)36-45-48-27-29-50(45)28-11-16-46(52)56-6-2/h8-10,13-14,17-27,29,37H,5-7,11-12,15-16,28,30-36H2,1-4H3/p+1. The maximum atomic E-state index is 13.8. The van der Waals surface area contributed by atoms with Crippen LogP contribution in [0.4, 0.5) is 5.69 Å². The number of esters is 1. The Morgan fingerprint density at radius 1 is 0.931 bits per heavy atom. The number of nitrogens with one attached hydrogen (secondary N) is 1. The Kier molecular flexibility index (Phi) is 17.5. The topological polar surface area (TPSA) is 109 Å². The first kappa shape index (κ1) is 44.3. The molecular formula is C47H61N4O6S+. The third kappa shape index (κ3) is 13.4. The van der Waals surface area contributed by atoms with Crippen LogP contribution in [0.15, 0.2) is 114 Å². The number of aryl methyl sites for hydroxylation is 1. The number of hydrogen-bond donors (Lipinski definition) is 1. The van der Waals surface area contributed by atoms with Crippen molar-refractivity contribution in [2.24, 2.45) is 5.92 Å². The van der Waals surface area contributed by atoms with Gasteiger partial charge in [-0.1, -0.05) is 57.5 Å². The molecule has 2 heterocycles. The van der Waals surface area contributed by atoms with Crippen molar-refractivity contribution >= 4 is 34.1 Å². The zero-order valence-corrected chi connectivity index (χ0v) is 35.5. The number of anilines is 1. The van der Waals surface area contributed by atoms with Crippen molar-refractivity contribution in [3.8, 4) is 5.75 Å². The van der Waals surface area contributed by atoms with Gasteiger partial charge in [0.25, 0.3) is 5.91 Å². The fraction of sp³-hybridized carbons (Fsp3) is 0.426. The average Bonchev–Trinajstić information content (AvgIpc) is 3.65. The molecule has 2 atom stereocenters. The van der Waals surface area contributed by atoms with E-state index in [1.165, 1.54) is 11.3 Å². The van der Waals surface area contributed by atoms with Crippen LogP contribution in [0.3, 0.4) is 0 Å². The SMILES string of the molecule is CCCCOCCOc1ccc(C2=CC=C(C(=O)Nc3ccc(S(=O)Cc4nccn4CCCC(=O)OCC)cc3)CCC[N+]2(Cc2ccccc2)CC(C)C)cc1. The van der Waals surface area contributed by atoms with Gasteiger partial charge in [-0.2, -0.15) is 0 Å². The lowest BCUT2D eigenvalue weighted by Gasteiger charge is -2.42. The van der Waals surface area contributed by atoms with E-state index in [-0.39, 0.29) is 17.6 Å². The molecule has 0 radical (unpaired) electrons. The fourth-order valence-electron chi connectivity index (χ4n) is 7.42. The summed E-state index contributed by atoms with van der Waals surface area (Å²) in [5, 5.41) is 3.09. The van der Waals surface area contributed by atoms with E-state index in [9.17, 15) is 13.8 Å². The number of imidazole rings is 1. The van der Waals surface area contributed by atoms with Gasteiger partial charge in [0.2, 0.25) is 0 Å². The molecule has 0 bridgehead atoms. The number of ether oxygens (including phenoxy) is 3. The molecular weight excluding hydrogens is 749 g/mol. The van der Waals surface area contributed by atoms with Gasteiger partial charge >= 0.3 is 5.97 Å². The average molecular weight is 810 g/mol. The number of benzene rings is 3. The largest absolute Gasteiger partial charge is 0.491 e. The molecule has 1 aliphatic rings. The Morgan fingerprint density at radius 2 is 1.71 bits per heavy atom. The quantitative estimate of drug-likeness (QED) is 0.0480. The highest BCUT2D eigenvalue weighted by Crippen LogP contribution is 2.36. The van der Waals surface area contributed by atoms with Crippen molar-refractivity contribution in [3.05, 3.63) is 126 Å². The molecule has 1 N–H and O–H groups in total. The van der Waals surface area contributed by atoms with Crippen LogP contribution in [0.5, 0.6) is 5.75 Å². The Bertz CT molecular complexity index is 1970. The van der Waals surface area contributed by atoms with Crippen LogP contribution < -0.4 is 10.1 Å². The molecule has 0 fully saturated rings. The van der Waals surface area contributed by atoms with Crippen LogP contribution >= 0.6 is 0 Å². The van der Waals surface area contributed by atoms with Crippen molar-refractivity contribution in [1.82, 2.24) is 9.55 Å². The van der Waals surface area contributed by atoms with Gasteiger partial charge in [-0.25, -0.2) is 4.98 Å². The lowest BCUT2D eigenvalue weighted by Crippen LogP contribution is -2.49. The number of allylic oxidation sites excluding steroid dienone is 2. The number of unbranched alkanes of at least 4 members (excludes halogenated alkanes) is 1. The zero-order valence-electron chi connectivity index (χ0n) is 34.7. The Balaban J connectivity index is 1.31. The summed E-state index contributed by atoms with van der Waals surface area (Å²) in [5.74, 6) is 1.81. The van der Waals surface area contributed by atoms with E-state index in [4.69, 9.17) is 14.2 Å². The number of aromatic nitrogens is 2. The molecule has 0 spiro atoms. The molecule has 11 heteroatoms. The highest BCUT2D eigenvalue weighted by molar-refractivity contribution is 7.84. The van der Waals surface area contributed by atoms with Crippen molar-refractivity contribution in [2.75, 3.05) is 44.8 Å². The predicted octanol–water partition coefficient (Wildman–Crippen LogP) is 9.10. The summed E-state index contributed by atoms with van der Waals surface area (Å²) in [5.41, 5.74) is 4.90. The Hall–Kier alpha value is -4.84. The second kappa shape index (κ2) is 22.9. The summed E-state index contributed by atoms with van der Waals surface area (Å²) in [6, 6.07) is 26.2. The van der Waals surface area contributed by atoms with E-state index in [2.05, 4.69) is 79.6 Å². The van der Waals surface area contributed by atoms with Gasteiger partial charge in [0, 0.05) is 77.7 Å². The normalized spacial score (nSPS) is 16.2. The monoisotopic (exact) mass is 809 g/mol. The second-order valence-corrected chi connectivity index (χ2v) is 16.6. The molecule has 5 rings (SSSR count). The summed E-state index contributed by atoms with van der Waals surface area (Å²) in [6.45, 7) is 14.0. The van der Waals surface area contributed by atoms with Gasteiger partial charge in [-0.15, -0.1) is 0 Å². The number of nitrogens with zero attached hydrogens (tertiary/aromatic N) is 3. The number of amides is 1. The number of quaternary nitrogens is 1. The maximum Gasteiger partial charge on any atom is 0.305 e. The first-order valence-corrected chi connectivity index (χ1v) is 22.1. The summed E-state index contributed by atoms with van der Waals surface area (Å²) in [7, 11) is -1.35. The van der Waals surface area contributed by atoms with Crippen LogP contribution in [0.2, 0.25) is 0 Å². The van der Waals surface area contributed by atoms with Crippen LogP contribution in [-0.4, -0.2) is 69.6 Å². The molecule has 2 unspecified atom stereocenters. The van der Waals surface area contributed by atoms with Crippen LogP contribution in [0.25, 0.3) is 5.70 Å². The van der Waals surface area contributed by atoms with Crippen molar-refractivity contribution < 1.29 is 32.5 Å². The number of hydrogen-bond acceptors (Lipinski definition) is 7. The molecule has 0 saturated heterocycles. The van der Waals surface area contributed by atoms with E-state index < -0.39 is 10.8 Å². The van der Waals surface area contributed by atoms with Gasteiger partial charge in [-0.05, 0) is 80.8 Å². The van der Waals surface area contributed by atoms with Crippen LogP contribution in [0.1, 0.15) is 83.2 Å². The van der Waals surface area contributed by atoms with Gasteiger partial charge in [0.05, 0.1) is 42.9 Å². The van der Waals surface area contributed by atoms with Gasteiger partial charge < -0.3 is 24.1 Å².